The third-order valence-electron chi connectivity index (χ3n) is 3.02. The van der Waals surface area contributed by atoms with Crippen LogP contribution in [0.15, 0.2) is 0 Å². The topological polar surface area (TPSA) is 9.23 Å². The third-order valence-corrected chi connectivity index (χ3v) is 43.1. The van der Waals surface area contributed by atoms with Gasteiger partial charge in [-0.05, 0) is 0 Å². The van der Waals surface area contributed by atoms with E-state index in [1.807, 2.05) is 0 Å². The van der Waals surface area contributed by atoms with Crippen LogP contribution < -0.4 is 0 Å². The SMILES string of the molecule is CCC[CH2][Sn]([Cl])([O][Sn]([Cl])([Cl])[Cl])[C](C)(C)CCC. The summed E-state index contributed by atoms with van der Waals surface area (Å²) in [6.07, 6.45) is 4.30. The zero-order valence-electron chi connectivity index (χ0n) is 11.0. The van der Waals surface area contributed by atoms with Crippen molar-refractivity contribution >= 4 is 68.8 Å². The van der Waals surface area contributed by atoms with E-state index in [0.717, 1.165) is 30.1 Å². The summed E-state index contributed by atoms with van der Waals surface area (Å²) in [5.41, 5.74) is 0. The quantitative estimate of drug-likeness (QED) is 0.335. The van der Waals surface area contributed by atoms with Gasteiger partial charge in [0, 0.05) is 0 Å². The second kappa shape index (κ2) is 8.23. The van der Waals surface area contributed by atoms with E-state index in [1.54, 1.807) is 0 Å². The van der Waals surface area contributed by atoms with Gasteiger partial charge in [0.2, 0.25) is 0 Å². The first kappa shape index (κ1) is 19.7. The van der Waals surface area contributed by atoms with Gasteiger partial charge in [0.15, 0.2) is 0 Å². The van der Waals surface area contributed by atoms with Crippen molar-refractivity contribution in [3.8, 4) is 0 Å². The molecular formula is C10H22Cl4OSn2. The van der Waals surface area contributed by atoms with Crippen LogP contribution >= 0.6 is 35.7 Å². The second-order valence-corrected chi connectivity index (χ2v) is 40.2. The van der Waals surface area contributed by atoms with E-state index in [9.17, 15) is 0 Å². The average Bonchev–Trinajstić information content (AvgIpc) is 2.11. The molecule has 0 N–H and O–H groups in total. The van der Waals surface area contributed by atoms with E-state index in [4.69, 9.17) is 37.1 Å². The Morgan fingerprint density at radius 2 is 1.53 bits per heavy atom. The predicted molar refractivity (Wildman–Crippen MR) is 84.7 cm³/mol. The molecule has 0 aliphatic rings. The summed E-state index contributed by atoms with van der Waals surface area (Å²) in [4.78, 5) is 0. The number of halogens is 4. The van der Waals surface area contributed by atoms with Gasteiger partial charge in [0.05, 0.1) is 0 Å². The summed E-state index contributed by atoms with van der Waals surface area (Å²) in [7, 11) is 24.8. The zero-order valence-corrected chi connectivity index (χ0v) is 19.7. The molecule has 1 nitrogen and oxygen atoms in total. The van der Waals surface area contributed by atoms with Crippen molar-refractivity contribution in [3.05, 3.63) is 0 Å². The summed E-state index contributed by atoms with van der Waals surface area (Å²) in [5.74, 6) is 0. The van der Waals surface area contributed by atoms with E-state index in [0.29, 0.717) is 0 Å². The molecule has 0 aromatic heterocycles. The Labute approximate surface area is 130 Å². The molecule has 0 aromatic rings. The molecule has 0 bridgehead atoms. The van der Waals surface area contributed by atoms with Gasteiger partial charge in [-0.2, -0.15) is 0 Å². The van der Waals surface area contributed by atoms with Crippen LogP contribution in [-0.2, 0) is 1.41 Å². The maximum absolute atomic E-state index is 6.86. The van der Waals surface area contributed by atoms with Crippen molar-refractivity contribution in [1.29, 1.82) is 0 Å². The Hall–Kier alpha value is 2.72. The molecule has 104 valence electrons. The molecule has 0 fully saturated rings. The molecule has 7 heteroatoms. The van der Waals surface area contributed by atoms with Crippen molar-refractivity contribution in [2.45, 2.75) is 61.2 Å². The van der Waals surface area contributed by atoms with E-state index < -0.39 is 33.1 Å². The predicted octanol–water partition coefficient (Wildman–Crippen LogP) is 6.22. The van der Waals surface area contributed by atoms with Gasteiger partial charge in [-0.15, -0.1) is 0 Å². The summed E-state index contributed by atoms with van der Waals surface area (Å²) >= 11 is -7.15. The van der Waals surface area contributed by atoms with Gasteiger partial charge < -0.3 is 0 Å². The Kier molecular flexibility index (Phi) is 9.55. The van der Waals surface area contributed by atoms with E-state index in [2.05, 4.69) is 27.7 Å². The molecule has 0 spiro atoms. The van der Waals surface area contributed by atoms with E-state index >= 15 is 0 Å². The Morgan fingerprint density at radius 1 is 1.00 bits per heavy atom. The molecule has 0 aliphatic heterocycles. The van der Waals surface area contributed by atoms with Crippen LogP contribution in [0.3, 0.4) is 0 Å². The van der Waals surface area contributed by atoms with Crippen molar-refractivity contribution in [1.82, 2.24) is 0 Å². The van der Waals surface area contributed by atoms with Crippen molar-refractivity contribution < 1.29 is 1.41 Å². The minimum absolute atomic E-state index is 0.0149. The molecular weight excluding hydrogens is 515 g/mol. The fourth-order valence-electron chi connectivity index (χ4n) is 1.93. The molecule has 0 aromatic carbocycles. The molecule has 0 amide bonds. The standard InChI is InChI=1S/C6H13.C4H9.4ClH.O.2Sn/c1-4-5-6(2)3;1-3-4-2;;;;;;;/h4-5H2,1-3H3;1,3-4H2,2H3;4*1H;;;/q;;;;;;;+1;+3/p-4. The molecule has 1 unspecified atom stereocenters. The van der Waals surface area contributed by atoms with Crippen molar-refractivity contribution in [2.24, 2.45) is 0 Å². The maximum atomic E-state index is 6.86. The van der Waals surface area contributed by atoms with Crippen LogP contribution in [0, 0.1) is 0 Å². The monoisotopic (exact) mass is 538 g/mol. The molecule has 17 heavy (non-hydrogen) atoms. The van der Waals surface area contributed by atoms with Gasteiger partial charge in [0.25, 0.3) is 0 Å². The first-order chi connectivity index (χ1) is 7.58. The van der Waals surface area contributed by atoms with Gasteiger partial charge in [-0.1, -0.05) is 0 Å². The minimum atomic E-state index is -3.83. The van der Waals surface area contributed by atoms with Gasteiger partial charge in [-0.25, -0.2) is 0 Å². The number of hydrogen-bond acceptors (Lipinski definition) is 1. The first-order valence-corrected chi connectivity index (χ1v) is 26.3. The fraction of sp³-hybridized carbons (Fsp3) is 1.00. The van der Waals surface area contributed by atoms with Gasteiger partial charge in [-0.3, -0.25) is 0 Å². The molecule has 0 saturated heterocycles. The molecule has 0 aliphatic carbocycles. The van der Waals surface area contributed by atoms with Crippen LogP contribution in [0.4, 0.5) is 0 Å². The van der Waals surface area contributed by atoms with E-state index in [-0.39, 0.29) is 3.43 Å². The summed E-state index contributed by atoms with van der Waals surface area (Å²) in [6.45, 7) is 8.66. The van der Waals surface area contributed by atoms with Crippen molar-refractivity contribution in [3.63, 3.8) is 0 Å². The van der Waals surface area contributed by atoms with Crippen molar-refractivity contribution in [2.75, 3.05) is 0 Å². The second-order valence-electron chi connectivity index (χ2n) is 5.01. The van der Waals surface area contributed by atoms with Crippen LogP contribution in [0.1, 0.15) is 53.4 Å². The Balaban J connectivity index is 4.94. The fourth-order valence-corrected chi connectivity index (χ4v) is 54.2. The summed E-state index contributed by atoms with van der Waals surface area (Å²) in [5, 5.41) is 0. The summed E-state index contributed by atoms with van der Waals surface area (Å²) < 4.78 is 6.88. The van der Waals surface area contributed by atoms with Crippen LogP contribution in [-0.4, -0.2) is 33.1 Å². The Bertz CT molecular complexity index is 233. The van der Waals surface area contributed by atoms with Gasteiger partial charge in [0.1, 0.15) is 0 Å². The van der Waals surface area contributed by atoms with E-state index in [1.165, 1.54) is 0 Å². The molecule has 0 saturated carbocycles. The van der Waals surface area contributed by atoms with Crippen LogP contribution in [0.2, 0.25) is 7.87 Å². The number of hydrogen-bond donors (Lipinski definition) is 0. The zero-order chi connectivity index (χ0) is 13.7. The molecule has 0 radical (unpaired) electrons. The average molecular weight is 538 g/mol. The number of rotatable bonds is 8. The molecule has 1 atom stereocenters. The Morgan fingerprint density at radius 3 is 1.88 bits per heavy atom. The van der Waals surface area contributed by atoms with Gasteiger partial charge >= 0.3 is 131 Å². The normalized spacial score (nSPS) is 16.9. The first-order valence-electron chi connectivity index (χ1n) is 6.04. The molecule has 0 rings (SSSR count). The van der Waals surface area contributed by atoms with Crippen LogP contribution in [0.25, 0.3) is 0 Å². The molecule has 0 heterocycles. The summed E-state index contributed by atoms with van der Waals surface area (Å²) in [6, 6.07) is 0. The van der Waals surface area contributed by atoms with Crippen LogP contribution in [0.5, 0.6) is 0 Å². The third kappa shape index (κ3) is 7.33. The number of unbranched alkanes of at least 4 members (excludes halogenated alkanes) is 1.